The molecule has 3 aromatic rings. The maximum absolute atomic E-state index is 12.7. The lowest BCUT2D eigenvalue weighted by molar-refractivity contribution is 0.0995. The first kappa shape index (κ1) is 21.2. The summed E-state index contributed by atoms with van der Waals surface area (Å²) >= 11 is 1.18. The number of hydrogen-bond acceptors (Lipinski definition) is 7. The quantitative estimate of drug-likeness (QED) is 0.606. The van der Waals surface area contributed by atoms with E-state index < -0.39 is 0 Å². The van der Waals surface area contributed by atoms with Crippen molar-refractivity contribution in [3.63, 3.8) is 0 Å². The summed E-state index contributed by atoms with van der Waals surface area (Å²) < 4.78 is 10.1. The Morgan fingerprint density at radius 2 is 2.13 bits per heavy atom. The summed E-state index contributed by atoms with van der Waals surface area (Å²) in [5, 5.41) is 12.4. The molecule has 1 aromatic carbocycles. The number of piperidine rings is 1. The molecule has 8 heteroatoms. The molecular weight excluding hydrogens is 410 g/mol. The van der Waals surface area contributed by atoms with E-state index in [4.69, 9.17) is 9.68 Å². The number of nitrogens with one attached hydrogen (secondary N) is 1. The van der Waals surface area contributed by atoms with E-state index in [0.29, 0.717) is 22.5 Å². The van der Waals surface area contributed by atoms with Crippen LogP contribution in [0.4, 0.5) is 5.13 Å². The van der Waals surface area contributed by atoms with E-state index in [1.54, 1.807) is 25.1 Å². The van der Waals surface area contributed by atoms with Crippen molar-refractivity contribution in [3.05, 3.63) is 53.2 Å². The smallest absolute Gasteiger partial charge is 0.293 e. The van der Waals surface area contributed by atoms with Gasteiger partial charge >= 0.3 is 0 Å². The first-order chi connectivity index (χ1) is 15.0. The third kappa shape index (κ3) is 5.01. The summed E-state index contributed by atoms with van der Waals surface area (Å²) in [5.74, 6) is 1.21. The predicted molar refractivity (Wildman–Crippen MR) is 120 cm³/mol. The molecule has 160 valence electrons. The summed E-state index contributed by atoms with van der Waals surface area (Å²) in [4.78, 5) is 19.7. The maximum Gasteiger partial charge on any atom is 0.293 e. The van der Waals surface area contributed by atoms with E-state index in [9.17, 15) is 4.79 Å². The third-order valence-electron chi connectivity index (χ3n) is 5.62. The van der Waals surface area contributed by atoms with Gasteiger partial charge in [-0.15, -0.1) is 0 Å². The maximum atomic E-state index is 12.7. The first-order valence-electron chi connectivity index (χ1n) is 10.5. The second-order valence-corrected chi connectivity index (χ2v) is 8.64. The number of amides is 1. The Morgan fingerprint density at radius 3 is 2.90 bits per heavy atom. The Balaban J connectivity index is 1.41. The molecule has 1 saturated heterocycles. The number of nitriles is 1. The number of nitrogens with zero attached hydrogens (tertiary/aromatic N) is 4. The number of aryl methyl sites for hydroxylation is 1. The summed E-state index contributed by atoms with van der Waals surface area (Å²) in [6.07, 6.45) is 4.58. The Kier molecular flexibility index (Phi) is 6.44. The summed E-state index contributed by atoms with van der Waals surface area (Å²) in [7, 11) is 0. The highest BCUT2D eigenvalue weighted by atomic mass is 32.1. The third-order valence-corrected chi connectivity index (χ3v) is 6.29. The minimum atomic E-state index is -0.363. The van der Waals surface area contributed by atoms with Crippen LogP contribution in [0.5, 0.6) is 0 Å². The number of carbonyl (C=O) groups is 1. The molecule has 2 aromatic heterocycles. The van der Waals surface area contributed by atoms with Crippen molar-refractivity contribution in [2.45, 2.75) is 45.6 Å². The van der Waals surface area contributed by atoms with E-state index in [1.807, 2.05) is 12.1 Å². The molecule has 4 rings (SSSR count). The van der Waals surface area contributed by atoms with Crippen molar-refractivity contribution >= 4 is 22.6 Å². The monoisotopic (exact) mass is 435 g/mol. The number of rotatable bonds is 6. The van der Waals surface area contributed by atoms with Crippen LogP contribution in [0.2, 0.25) is 0 Å². The molecular formula is C23H25N5O2S. The van der Waals surface area contributed by atoms with Crippen molar-refractivity contribution in [2.24, 2.45) is 0 Å². The zero-order chi connectivity index (χ0) is 21.8. The van der Waals surface area contributed by atoms with Crippen LogP contribution in [0.25, 0.3) is 11.1 Å². The van der Waals surface area contributed by atoms with Gasteiger partial charge in [-0.25, -0.2) is 4.98 Å². The van der Waals surface area contributed by atoms with Crippen LogP contribution in [0.15, 0.2) is 34.7 Å². The minimum absolute atomic E-state index is 0.202. The summed E-state index contributed by atoms with van der Waals surface area (Å²) in [5.41, 5.74) is 2.18. The molecule has 3 heterocycles. The lowest BCUT2D eigenvalue weighted by atomic mass is 10.0. The number of anilines is 1. The predicted octanol–water partition coefficient (Wildman–Crippen LogP) is 4.65. The Bertz CT molecular complexity index is 1110. The molecule has 1 unspecified atom stereocenters. The molecule has 0 bridgehead atoms. The van der Waals surface area contributed by atoms with E-state index in [2.05, 4.69) is 32.6 Å². The molecule has 0 saturated carbocycles. The highest BCUT2D eigenvalue weighted by Gasteiger charge is 2.20. The van der Waals surface area contributed by atoms with Crippen LogP contribution in [0.3, 0.4) is 0 Å². The second kappa shape index (κ2) is 9.41. The van der Waals surface area contributed by atoms with Crippen LogP contribution in [0, 0.1) is 18.3 Å². The van der Waals surface area contributed by atoms with Gasteiger partial charge < -0.3 is 9.32 Å². The van der Waals surface area contributed by atoms with E-state index in [-0.39, 0.29) is 11.7 Å². The average molecular weight is 436 g/mol. The van der Waals surface area contributed by atoms with Crippen molar-refractivity contribution in [3.8, 4) is 17.2 Å². The second-order valence-electron chi connectivity index (χ2n) is 7.89. The van der Waals surface area contributed by atoms with Crippen LogP contribution >= 0.6 is 11.5 Å². The zero-order valence-corrected chi connectivity index (χ0v) is 18.5. The number of likely N-dealkylation sites (tertiary alicyclic amines) is 1. The zero-order valence-electron chi connectivity index (χ0n) is 17.7. The number of carbonyl (C=O) groups excluding carboxylic acids is 1. The van der Waals surface area contributed by atoms with Crippen LogP contribution < -0.4 is 5.32 Å². The summed E-state index contributed by atoms with van der Waals surface area (Å²) in [6.45, 7) is 6.27. The highest BCUT2D eigenvalue weighted by molar-refractivity contribution is 7.09. The Hall–Kier alpha value is -3.02. The SMILES string of the molecule is Cc1oc(C(=O)Nc2nc(CC(C)N3CCCCC3)ns2)cc1-c1cccc(C#N)c1. The molecule has 1 aliphatic rings. The van der Waals surface area contributed by atoms with Gasteiger partial charge in [0.1, 0.15) is 11.6 Å². The van der Waals surface area contributed by atoms with Gasteiger partial charge in [-0.2, -0.15) is 9.64 Å². The van der Waals surface area contributed by atoms with Gasteiger partial charge in [0.25, 0.3) is 5.91 Å². The fraction of sp³-hybridized carbons (Fsp3) is 0.391. The molecule has 1 atom stereocenters. The number of hydrogen-bond donors (Lipinski definition) is 1. The standard InChI is InChI=1S/C23H25N5O2S/c1-15(28-9-4-3-5-10-28)11-21-25-23(31-27-21)26-22(29)20-13-19(16(2)30-20)18-8-6-7-17(12-18)14-24/h6-8,12-13,15H,3-5,9-11H2,1-2H3,(H,25,26,27,29). The molecule has 31 heavy (non-hydrogen) atoms. The van der Waals surface area contributed by atoms with Gasteiger partial charge in [0.2, 0.25) is 5.13 Å². The van der Waals surface area contributed by atoms with Crippen LogP contribution in [0.1, 0.15) is 53.9 Å². The topological polar surface area (TPSA) is 95.1 Å². The molecule has 7 nitrogen and oxygen atoms in total. The molecule has 1 aliphatic heterocycles. The largest absolute Gasteiger partial charge is 0.456 e. The van der Waals surface area contributed by atoms with Gasteiger partial charge in [0.15, 0.2) is 5.76 Å². The van der Waals surface area contributed by atoms with Crippen molar-refractivity contribution in [1.82, 2.24) is 14.3 Å². The van der Waals surface area contributed by atoms with E-state index >= 15 is 0 Å². The fourth-order valence-electron chi connectivity index (χ4n) is 3.94. The number of aromatic nitrogens is 2. The number of furan rings is 1. The molecule has 1 amide bonds. The van der Waals surface area contributed by atoms with E-state index in [0.717, 1.165) is 36.5 Å². The Labute approximate surface area is 185 Å². The van der Waals surface area contributed by atoms with Crippen LogP contribution in [-0.2, 0) is 6.42 Å². The van der Waals surface area contributed by atoms with Crippen molar-refractivity contribution in [1.29, 1.82) is 5.26 Å². The molecule has 0 aliphatic carbocycles. The van der Waals surface area contributed by atoms with E-state index in [1.165, 1.54) is 30.8 Å². The van der Waals surface area contributed by atoms with Crippen molar-refractivity contribution < 1.29 is 9.21 Å². The van der Waals surface area contributed by atoms with Crippen LogP contribution in [-0.4, -0.2) is 39.3 Å². The van der Waals surface area contributed by atoms with Gasteiger partial charge in [-0.05, 0) is 63.5 Å². The minimum Gasteiger partial charge on any atom is -0.456 e. The van der Waals surface area contributed by atoms with Gasteiger partial charge in [-0.3, -0.25) is 10.1 Å². The molecule has 1 fully saturated rings. The van der Waals surface area contributed by atoms with Gasteiger partial charge in [-0.1, -0.05) is 18.6 Å². The lowest BCUT2D eigenvalue weighted by Gasteiger charge is -2.31. The number of benzene rings is 1. The lowest BCUT2D eigenvalue weighted by Crippen LogP contribution is -2.38. The highest BCUT2D eigenvalue weighted by Crippen LogP contribution is 2.28. The van der Waals surface area contributed by atoms with Gasteiger partial charge in [0, 0.05) is 29.6 Å². The first-order valence-corrected chi connectivity index (χ1v) is 11.3. The summed E-state index contributed by atoms with van der Waals surface area (Å²) in [6, 6.07) is 11.4. The average Bonchev–Trinajstić information content (AvgIpc) is 3.40. The Morgan fingerprint density at radius 1 is 1.32 bits per heavy atom. The fourth-order valence-corrected chi connectivity index (χ4v) is 4.53. The van der Waals surface area contributed by atoms with Crippen molar-refractivity contribution in [2.75, 3.05) is 18.4 Å². The van der Waals surface area contributed by atoms with Gasteiger partial charge in [0.05, 0.1) is 11.6 Å². The molecule has 1 N–H and O–H groups in total. The molecule has 0 spiro atoms. The molecule has 0 radical (unpaired) electrons. The normalized spacial score (nSPS) is 15.4.